The van der Waals surface area contributed by atoms with Gasteiger partial charge in [0.1, 0.15) is 12.4 Å². The Morgan fingerprint density at radius 2 is 2.17 bits per heavy atom. The van der Waals surface area contributed by atoms with Crippen LogP contribution in [0.3, 0.4) is 0 Å². The number of aromatic nitrogens is 2. The Hall–Kier alpha value is -1.81. The predicted octanol–water partition coefficient (Wildman–Crippen LogP) is 2.77. The summed E-state index contributed by atoms with van der Waals surface area (Å²) in [6.45, 7) is 2.12. The molecule has 0 aliphatic carbocycles. The molecule has 94 valence electrons. The Morgan fingerprint density at radius 1 is 1.44 bits per heavy atom. The van der Waals surface area contributed by atoms with Gasteiger partial charge in [0.25, 0.3) is 0 Å². The van der Waals surface area contributed by atoms with E-state index in [2.05, 4.69) is 5.10 Å². The number of carbonyl (C=O) groups excluding carboxylic acids is 1. The lowest BCUT2D eigenvalue weighted by Crippen LogP contribution is -2.04. The van der Waals surface area contributed by atoms with Gasteiger partial charge in [-0.1, -0.05) is 23.7 Å². The number of para-hydroxylation sites is 1. The maximum absolute atomic E-state index is 10.9. The first kappa shape index (κ1) is 12.6. The van der Waals surface area contributed by atoms with E-state index in [1.165, 1.54) is 0 Å². The molecular formula is C13H13ClN2O2. The van der Waals surface area contributed by atoms with Gasteiger partial charge in [-0.2, -0.15) is 5.10 Å². The van der Waals surface area contributed by atoms with Gasteiger partial charge in [0, 0.05) is 7.05 Å². The third kappa shape index (κ3) is 2.38. The average Bonchev–Trinajstić information content (AvgIpc) is 2.62. The molecule has 0 saturated heterocycles. The van der Waals surface area contributed by atoms with Crippen molar-refractivity contribution < 1.29 is 9.53 Å². The summed E-state index contributed by atoms with van der Waals surface area (Å²) < 4.78 is 7.29. The van der Waals surface area contributed by atoms with E-state index in [4.69, 9.17) is 16.3 Å². The molecule has 0 aliphatic rings. The zero-order chi connectivity index (χ0) is 13.1. The van der Waals surface area contributed by atoms with E-state index in [0.717, 1.165) is 17.7 Å². The molecule has 0 bridgehead atoms. The standard InChI is InChI=1S/C13H13ClN2O2/c1-9-13(14)11(16(2)15-9)8-18-12-6-4-3-5-10(12)7-17/h3-7H,8H2,1-2H3. The molecule has 0 amide bonds. The summed E-state index contributed by atoms with van der Waals surface area (Å²) in [5.74, 6) is 0.544. The minimum Gasteiger partial charge on any atom is -0.487 e. The van der Waals surface area contributed by atoms with Crippen molar-refractivity contribution in [2.45, 2.75) is 13.5 Å². The Bertz CT molecular complexity index is 578. The summed E-state index contributed by atoms with van der Waals surface area (Å²) >= 11 is 6.12. The maximum Gasteiger partial charge on any atom is 0.153 e. The zero-order valence-corrected chi connectivity index (χ0v) is 10.9. The van der Waals surface area contributed by atoms with Gasteiger partial charge in [-0.15, -0.1) is 0 Å². The summed E-state index contributed by atoms with van der Waals surface area (Å²) in [5.41, 5.74) is 2.07. The van der Waals surface area contributed by atoms with Gasteiger partial charge in [0.05, 0.1) is 22.0 Å². The van der Waals surface area contributed by atoms with Crippen LogP contribution >= 0.6 is 11.6 Å². The molecule has 0 unspecified atom stereocenters. The minimum absolute atomic E-state index is 0.279. The second kappa shape index (κ2) is 5.23. The lowest BCUT2D eigenvalue weighted by atomic mass is 10.2. The Morgan fingerprint density at radius 3 is 2.78 bits per heavy atom. The maximum atomic E-state index is 10.9. The second-order valence-electron chi connectivity index (χ2n) is 3.91. The van der Waals surface area contributed by atoms with E-state index in [9.17, 15) is 4.79 Å². The molecule has 1 aromatic carbocycles. The van der Waals surface area contributed by atoms with Crippen LogP contribution in [0.1, 0.15) is 21.7 Å². The first-order valence-corrected chi connectivity index (χ1v) is 5.86. The fourth-order valence-corrected chi connectivity index (χ4v) is 1.91. The first-order chi connectivity index (χ1) is 8.63. The van der Waals surface area contributed by atoms with Crippen LogP contribution in [0.25, 0.3) is 0 Å². The van der Waals surface area contributed by atoms with Crippen molar-refractivity contribution in [2.75, 3.05) is 0 Å². The van der Waals surface area contributed by atoms with Crippen LogP contribution in [0, 0.1) is 6.92 Å². The van der Waals surface area contributed by atoms with E-state index < -0.39 is 0 Å². The lowest BCUT2D eigenvalue weighted by Gasteiger charge is -2.08. The third-order valence-electron chi connectivity index (χ3n) is 2.67. The van der Waals surface area contributed by atoms with Gasteiger partial charge in [-0.25, -0.2) is 0 Å². The molecule has 5 heteroatoms. The van der Waals surface area contributed by atoms with Crippen LogP contribution in [0.15, 0.2) is 24.3 Å². The fraction of sp³-hybridized carbons (Fsp3) is 0.231. The molecule has 18 heavy (non-hydrogen) atoms. The molecule has 0 N–H and O–H groups in total. The molecule has 0 fully saturated rings. The highest BCUT2D eigenvalue weighted by atomic mass is 35.5. The van der Waals surface area contributed by atoms with Gasteiger partial charge in [-0.05, 0) is 19.1 Å². The third-order valence-corrected chi connectivity index (χ3v) is 3.16. The number of aryl methyl sites for hydroxylation is 2. The van der Waals surface area contributed by atoms with Gasteiger partial charge >= 0.3 is 0 Å². The van der Waals surface area contributed by atoms with Crippen molar-refractivity contribution >= 4 is 17.9 Å². The molecule has 1 heterocycles. The number of rotatable bonds is 4. The van der Waals surface area contributed by atoms with Gasteiger partial charge in [-0.3, -0.25) is 9.48 Å². The molecule has 1 aromatic heterocycles. The van der Waals surface area contributed by atoms with E-state index >= 15 is 0 Å². The van der Waals surface area contributed by atoms with Crippen LogP contribution < -0.4 is 4.74 Å². The SMILES string of the molecule is Cc1nn(C)c(COc2ccccc2C=O)c1Cl. The number of hydrogen-bond acceptors (Lipinski definition) is 3. The van der Waals surface area contributed by atoms with Crippen LogP contribution in [0.4, 0.5) is 0 Å². The molecule has 0 radical (unpaired) electrons. The Labute approximate surface area is 110 Å². The Kier molecular flexibility index (Phi) is 3.67. The van der Waals surface area contributed by atoms with Crippen LogP contribution in [0.5, 0.6) is 5.75 Å². The number of aldehydes is 1. The number of halogens is 1. The van der Waals surface area contributed by atoms with Gasteiger partial charge in [0.15, 0.2) is 6.29 Å². The van der Waals surface area contributed by atoms with E-state index in [1.807, 2.05) is 20.0 Å². The van der Waals surface area contributed by atoms with E-state index in [1.54, 1.807) is 22.9 Å². The zero-order valence-electron chi connectivity index (χ0n) is 10.2. The van der Waals surface area contributed by atoms with Crippen molar-refractivity contribution in [3.8, 4) is 5.75 Å². The highest BCUT2D eigenvalue weighted by Crippen LogP contribution is 2.22. The minimum atomic E-state index is 0.279. The molecular weight excluding hydrogens is 252 g/mol. The molecule has 2 rings (SSSR count). The highest BCUT2D eigenvalue weighted by Gasteiger charge is 2.12. The summed E-state index contributed by atoms with van der Waals surface area (Å²) in [7, 11) is 1.81. The smallest absolute Gasteiger partial charge is 0.153 e. The Balaban J connectivity index is 2.19. The number of hydrogen-bond donors (Lipinski definition) is 0. The average molecular weight is 265 g/mol. The van der Waals surface area contributed by atoms with Crippen molar-refractivity contribution in [3.05, 3.63) is 46.2 Å². The monoisotopic (exact) mass is 264 g/mol. The van der Waals surface area contributed by atoms with E-state index in [-0.39, 0.29) is 6.61 Å². The van der Waals surface area contributed by atoms with Crippen molar-refractivity contribution in [1.29, 1.82) is 0 Å². The number of ether oxygens (including phenoxy) is 1. The van der Waals surface area contributed by atoms with Crippen molar-refractivity contribution in [1.82, 2.24) is 9.78 Å². The van der Waals surface area contributed by atoms with E-state index in [0.29, 0.717) is 16.3 Å². The summed E-state index contributed by atoms with van der Waals surface area (Å²) in [5, 5.41) is 4.80. The van der Waals surface area contributed by atoms with Crippen LogP contribution in [-0.2, 0) is 13.7 Å². The summed E-state index contributed by atoms with van der Waals surface area (Å²) in [6.07, 6.45) is 0.769. The van der Waals surface area contributed by atoms with Crippen LogP contribution in [0.2, 0.25) is 5.02 Å². The quantitative estimate of drug-likeness (QED) is 0.798. The topological polar surface area (TPSA) is 44.1 Å². The highest BCUT2D eigenvalue weighted by molar-refractivity contribution is 6.31. The number of benzene rings is 1. The second-order valence-corrected chi connectivity index (χ2v) is 4.29. The molecule has 0 aliphatic heterocycles. The van der Waals surface area contributed by atoms with Gasteiger partial charge < -0.3 is 4.74 Å². The number of nitrogens with zero attached hydrogens (tertiary/aromatic N) is 2. The van der Waals surface area contributed by atoms with Crippen molar-refractivity contribution in [2.24, 2.45) is 7.05 Å². The van der Waals surface area contributed by atoms with Crippen molar-refractivity contribution in [3.63, 3.8) is 0 Å². The predicted molar refractivity (Wildman–Crippen MR) is 69.1 cm³/mol. The fourth-order valence-electron chi connectivity index (χ4n) is 1.69. The van der Waals surface area contributed by atoms with Gasteiger partial charge in [0.2, 0.25) is 0 Å². The molecule has 4 nitrogen and oxygen atoms in total. The largest absolute Gasteiger partial charge is 0.487 e. The summed E-state index contributed by atoms with van der Waals surface area (Å²) in [6, 6.07) is 7.07. The molecule has 0 saturated carbocycles. The molecule has 2 aromatic rings. The normalized spacial score (nSPS) is 10.4. The van der Waals surface area contributed by atoms with Crippen LogP contribution in [-0.4, -0.2) is 16.1 Å². The molecule has 0 atom stereocenters. The first-order valence-electron chi connectivity index (χ1n) is 5.48. The molecule has 0 spiro atoms. The summed E-state index contributed by atoms with van der Waals surface area (Å²) in [4.78, 5) is 10.9. The lowest BCUT2D eigenvalue weighted by molar-refractivity contribution is 0.111. The number of carbonyl (C=O) groups is 1.